The van der Waals surface area contributed by atoms with Crippen molar-refractivity contribution in [3.63, 3.8) is 0 Å². The van der Waals surface area contributed by atoms with E-state index >= 15 is 0 Å². The molecule has 1 aliphatic rings. The van der Waals surface area contributed by atoms with Crippen LogP contribution in [0.1, 0.15) is 36.2 Å². The van der Waals surface area contributed by atoms with Gasteiger partial charge in [0.15, 0.2) is 0 Å². The van der Waals surface area contributed by atoms with Gasteiger partial charge in [0, 0.05) is 26.2 Å². The van der Waals surface area contributed by atoms with Crippen LogP contribution in [0.25, 0.3) is 0 Å². The van der Waals surface area contributed by atoms with E-state index in [2.05, 4.69) is 15.3 Å². The molecular weight excluding hydrogens is 244 g/mol. The maximum absolute atomic E-state index is 12.4. The van der Waals surface area contributed by atoms with Gasteiger partial charge in [-0.15, -0.1) is 0 Å². The average Bonchev–Trinajstić information content (AvgIpc) is 2.92. The van der Waals surface area contributed by atoms with Crippen LogP contribution in [0.15, 0.2) is 12.4 Å². The Morgan fingerprint density at radius 3 is 3.16 bits per heavy atom. The number of nitrogens with one attached hydrogen (secondary N) is 1. The van der Waals surface area contributed by atoms with Crippen molar-refractivity contribution in [1.29, 1.82) is 0 Å². The molecule has 2 heterocycles. The molecule has 6 nitrogen and oxygen atoms in total. The summed E-state index contributed by atoms with van der Waals surface area (Å²) in [6.45, 7) is 0.938. The van der Waals surface area contributed by atoms with Crippen molar-refractivity contribution in [2.24, 2.45) is 0 Å². The third-order valence-electron chi connectivity index (χ3n) is 3.44. The van der Waals surface area contributed by atoms with Crippen molar-refractivity contribution in [3.8, 4) is 0 Å². The maximum Gasteiger partial charge on any atom is 0.274 e. The number of hydrogen-bond acceptors (Lipinski definition) is 5. The third-order valence-corrected chi connectivity index (χ3v) is 3.44. The first kappa shape index (κ1) is 13.7. The molecule has 1 fully saturated rings. The number of aromatic nitrogens is 2. The zero-order valence-corrected chi connectivity index (χ0v) is 11.2. The van der Waals surface area contributed by atoms with E-state index in [1.807, 2.05) is 4.90 Å². The summed E-state index contributed by atoms with van der Waals surface area (Å²) in [5.74, 6) is 0.530. The van der Waals surface area contributed by atoms with E-state index in [0.717, 1.165) is 32.2 Å². The smallest absolute Gasteiger partial charge is 0.274 e. The van der Waals surface area contributed by atoms with Crippen LogP contribution in [0.3, 0.4) is 0 Å². The Hall–Kier alpha value is -1.69. The normalized spacial score (nSPS) is 18.6. The van der Waals surface area contributed by atoms with Crippen molar-refractivity contribution in [1.82, 2.24) is 14.9 Å². The monoisotopic (exact) mass is 264 g/mol. The highest BCUT2D eigenvalue weighted by molar-refractivity contribution is 5.92. The Kier molecular flexibility index (Phi) is 4.68. The highest BCUT2D eigenvalue weighted by atomic mass is 16.3. The number of nitrogens with zero attached hydrogens (tertiary/aromatic N) is 3. The molecule has 1 aromatic heterocycles. The van der Waals surface area contributed by atoms with Crippen LogP contribution in [0.2, 0.25) is 0 Å². The molecule has 1 unspecified atom stereocenters. The second-order valence-corrected chi connectivity index (χ2v) is 4.70. The van der Waals surface area contributed by atoms with Gasteiger partial charge in [0.1, 0.15) is 11.5 Å². The van der Waals surface area contributed by atoms with Crippen LogP contribution in [0, 0.1) is 0 Å². The standard InChI is InChI=1S/C13H20N4O2/c1-14-12-9-15-8-11(16-12)13(19)17-6-2-4-10(17)5-3-7-18/h8-10,18H,2-7H2,1H3,(H,14,16). The lowest BCUT2D eigenvalue weighted by molar-refractivity contribution is 0.0718. The van der Waals surface area contributed by atoms with E-state index in [1.165, 1.54) is 6.20 Å². The molecule has 1 atom stereocenters. The first-order valence-electron chi connectivity index (χ1n) is 6.68. The molecule has 1 aromatic rings. The summed E-state index contributed by atoms with van der Waals surface area (Å²) in [4.78, 5) is 22.5. The van der Waals surface area contributed by atoms with Crippen LogP contribution in [0.4, 0.5) is 5.82 Å². The molecule has 0 saturated carbocycles. The van der Waals surface area contributed by atoms with Gasteiger partial charge in [-0.3, -0.25) is 9.78 Å². The molecule has 2 rings (SSSR count). The summed E-state index contributed by atoms with van der Waals surface area (Å²) in [7, 11) is 1.75. The van der Waals surface area contributed by atoms with Gasteiger partial charge in [-0.1, -0.05) is 0 Å². The van der Waals surface area contributed by atoms with Crippen LogP contribution in [-0.4, -0.2) is 52.1 Å². The van der Waals surface area contributed by atoms with Crippen molar-refractivity contribution < 1.29 is 9.90 Å². The molecule has 0 aromatic carbocycles. The molecule has 0 bridgehead atoms. The summed E-state index contributed by atoms with van der Waals surface area (Å²) < 4.78 is 0. The van der Waals surface area contributed by atoms with Gasteiger partial charge >= 0.3 is 0 Å². The Bertz CT molecular complexity index is 438. The van der Waals surface area contributed by atoms with E-state index < -0.39 is 0 Å². The van der Waals surface area contributed by atoms with Crippen molar-refractivity contribution in [2.75, 3.05) is 25.5 Å². The third kappa shape index (κ3) is 3.20. The Labute approximate surface area is 112 Å². The van der Waals surface area contributed by atoms with Crippen LogP contribution in [-0.2, 0) is 0 Å². The summed E-state index contributed by atoms with van der Waals surface area (Å²) in [5.41, 5.74) is 0.378. The van der Waals surface area contributed by atoms with Crippen LogP contribution >= 0.6 is 0 Å². The van der Waals surface area contributed by atoms with E-state index in [-0.39, 0.29) is 18.6 Å². The first-order valence-corrected chi connectivity index (χ1v) is 6.68. The van der Waals surface area contributed by atoms with E-state index in [4.69, 9.17) is 5.11 Å². The van der Waals surface area contributed by atoms with Gasteiger partial charge in [-0.2, -0.15) is 0 Å². The molecule has 1 saturated heterocycles. The number of aliphatic hydroxyl groups is 1. The molecule has 0 aliphatic carbocycles. The van der Waals surface area contributed by atoms with Gasteiger partial charge in [-0.05, 0) is 25.7 Å². The topological polar surface area (TPSA) is 78.4 Å². The van der Waals surface area contributed by atoms with Gasteiger partial charge in [0.2, 0.25) is 0 Å². The molecule has 0 radical (unpaired) electrons. The average molecular weight is 264 g/mol. The fourth-order valence-electron chi connectivity index (χ4n) is 2.47. The minimum atomic E-state index is -0.0648. The molecule has 0 spiro atoms. The number of likely N-dealkylation sites (tertiary alicyclic amines) is 1. The highest BCUT2D eigenvalue weighted by Crippen LogP contribution is 2.23. The van der Waals surface area contributed by atoms with Gasteiger partial charge in [0.25, 0.3) is 5.91 Å². The SMILES string of the molecule is CNc1cncc(C(=O)N2CCCC2CCCO)n1. The van der Waals surface area contributed by atoms with E-state index in [1.54, 1.807) is 13.2 Å². The Balaban J connectivity index is 2.09. The summed E-state index contributed by atoms with van der Waals surface area (Å²) in [6.07, 6.45) is 6.69. The molecule has 19 heavy (non-hydrogen) atoms. The molecule has 1 aliphatic heterocycles. The molecule has 1 amide bonds. The maximum atomic E-state index is 12.4. The Morgan fingerprint density at radius 2 is 2.42 bits per heavy atom. The molecular formula is C13H20N4O2. The molecule has 6 heteroatoms. The lowest BCUT2D eigenvalue weighted by atomic mass is 10.1. The molecule has 2 N–H and O–H groups in total. The van der Waals surface area contributed by atoms with E-state index in [9.17, 15) is 4.79 Å². The second kappa shape index (κ2) is 6.47. The second-order valence-electron chi connectivity index (χ2n) is 4.70. The summed E-state index contributed by atoms with van der Waals surface area (Å²) in [5, 5.41) is 11.8. The number of aliphatic hydroxyl groups excluding tert-OH is 1. The minimum absolute atomic E-state index is 0.0648. The zero-order valence-electron chi connectivity index (χ0n) is 11.2. The summed E-state index contributed by atoms with van der Waals surface area (Å²) >= 11 is 0. The summed E-state index contributed by atoms with van der Waals surface area (Å²) in [6, 6.07) is 0.222. The fraction of sp³-hybridized carbons (Fsp3) is 0.615. The fourth-order valence-corrected chi connectivity index (χ4v) is 2.47. The van der Waals surface area contributed by atoms with Crippen LogP contribution in [0.5, 0.6) is 0 Å². The zero-order chi connectivity index (χ0) is 13.7. The number of carbonyl (C=O) groups is 1. The predicted molar refractivity (Wildman–Crippen MR) is 72.0 cm³/mol. The first-order chi connectivity index (χ1) is 9.26. The molecule has 104 valence electrons. The lowest BCUT2D eigenvalue weighted by Crippen LogP contribution is -2.36. The number of rotatable bonds is 5. The van der Waals surface area contributed by atoms with Crippen molar-refractivity contribution in [2.45, 2.75) is 31.7 Å². The quantitative estimate of drug-likeness (QED) is 0.826. The number of hydrogen-bond donors (Lipinski definition) is 2. The largest absolute Gasteiger partial charge is 0.396 e. The number of carbonyl (C=O) groups excluding carboxylic acids is 1. The Morgan fingerprint density at radius 1 is 1.58 bits per heavy atom. The highest BCUT2D eigenvalue weighted by Gasteiger charge is 2.29. The van der Waals surface area contributed by atoms with Gasteiger partial charge in [-0.25, -0.2) is 4.98 Å². The van der Waals surface area contributed by atoms with E-state index in [0.29, 0.717) is 11.5 Å². The minimum Gasteiger partial charge on any atom is -0.396 e. The van der Waals surface area contributed by atoms with Gasteiger partial charge in [0.05, 0.1) is 12.4 Å². The van der Waals surface area contributed by atoms with Gasteiger partial charge < -0.3 is 15.3 Å². The lowest BCUT2D eigenvalue weighted by Gasteiger charge is -2.24. The number of amides is 1. The number of anilines is 1. The van der Waals surface area contributed by atoms with Crippen molar-refractivity contribution in [3.05, 3.63) is 18.1 Å². The predicted octanol–water partition coefficient (Wildman–Crippen LogP) is 0.895. The van der Waals surface area contributed by atoms with Crippen LogP contribution < -0.4 is 5.32 Å². The van der Waals surface area contributed by atoms with Crippen molar-refractivity contribution >= 4 is 11.7 Å².